The van der Waals surface area contributed by atoms with Crippen molar-refractivity contribution in [3.8, 4) is 11.5 Å². The summed E-state index contributed by atoms with van der Waals surface area (Å²) in [6.07, 6.45) is 9.40. The van der Waals surface area contributed by atoms with E-state index in [-0.39, 0.29) is 12.3 Å². The Kier molecular flexibility index (Phi) is 11.6. The Hall–Kier alpha value is -2.06. The third-order valence-electron chi connectivity index (χ3n) is 4.97. The van der Waals surface area contributed by atoms with Gasteiger partial charge in [0.1, 0.15) is 4.32 Å². The molecule has 0 unspecified atom stereocenters. The summed E-state index contributed by atoms with van der Waals surface area (Å²) in [4.78, 5) is 25.4. The van der Waals surface area contributed by atoms with Gasteiger partial charge in [-0.15, -0.1) is 0 Å². The molecule has 0 bridgehead atoms. The number of rotatable bonds is 15. The Balaban J connectivity index is 1.98. The van der Waals surface area contributed by atoms with Crippen molar-refractivity contribution in [1.82, 2.24) is 4.90 Å². The Morgan fingerprint density at radius 2 is 1.84 bits per heavy atom. The van der Waals surface area contributed by atoms with E-state index >= 15 is 0 Å². The maximum atomic E-state index is 12.7. The number of carboxylic acid groups (broad SMARTS) is 1. The number of nitrogens with zero attached hydrogens (tertiary/aromatic N) is 1. The summed E-state index contributed by atoms with van der Waals surface area (Å²) in [5.41, 5.74) is 0.825. The molecule has 0 aromatic heterocycles. The largest absolute Gasteiger partial charge is 0.490 e. The smallest absolute Gasteiger partial charge is 0.303 e. The highest BCUT2D eigenvalue weighted by Gasteiger charge is 2.31. The van der Waals surface area contributed by atoms with Crippen LogP contribution in [0.15, 0.2) is 23.1 Å². The maximum Gasteiger partial charge on any atom is 0.303 e. The highest BCUT2D eigenvalue weighted by atomic mass is 32.2. The molecule has 2 rings (SSSR count). The van der Waals surface area contributed by atoms with Crippen molar-refractivity contribution in [3.63, 3.8) is 0 Å². The number of ether oxygens (including phenoxy) is 2. The molecule has 32 heavy (non-hydrogen) atoms. The minimum absolute atomic E-state index is 0.00796. The molecule has 8 heteroatoms. The van der Waals surface area contributed by atoms with Crippen LogP contribution in [0.3, 0.4) is 0 Å². The van der Waals surface area contributed by atoms with E-state index in [1.165, 1.54) is 42.3 Å². The standard InChI is InChI=1S/C24H33NO5S2/c1-3-5-6-7-8-9-15-30-19-13-12-18(16-20(19)29-4-2)17-21-23(28)25(24(31)32-21)14-10-11-22(26)27/h12-13,16-17H,3-11,14-15H2,1-2H3,(H,26,27)/b21-17+. The second kappa shape index (κ2) is 14.2. The molecule has 1 amide bonds. The van der Waals surface area contributed by atoms with Crippen LogP contribution in [0.5, 0.6) is 11.5 Å². The van der Waals surface area contributed by atoms with Crippen LogP contribution in [-0.4, -0.2) is 46.0 Å². The Morgan fingerprint density at radius 1 is 1.09 bits per heavy atom. The van der Waals surface area contributed by atoms with Gasteiger partial charge in [-0.25, -0.2) is 0 Å². The Bertz CT molecular complexity index is 825. The van der Waals surface area contributed by atoms with Gasteiger partial charge in [0.25, 0.3) is 5.91 Å². The normalized spacial score (nSPS) is 14.9. The molecule has 1 fully saturated rings. The summed E-state index contributed by atoms with van der Waals surface area (Å²) in [7, 11) is 0. The number of hydrogen-bond acceptors (Lipinski definition) is 6. The fourth-order valence-electron chi connectivity index (χ4n) is 3.30. The van der Waals surface area contributed by atoms with Gasteiger partial charge in [0.2, 0.25) is 0 Å². The third-order valence-corrected chi connectivity index (χ3v) is 6.34. The Morgan fingerprint density at radius 3 is 2.56 bits per heavy atom. The number of amides is 1. The van der Waals surface area contributed by atoms with Gasteiger partial charge < -0.3 is 14.6 Å². The molecule has 1 aromatic rings. The van der Waals surface area contributed by atoms with Crippen LogP contribution in [0.25, 0.3) is 6.08 Å². The number of aliphatic carboxylic acids is 1. The molecule has 0 saturated carbocycles. The van der Waals surface area contributed by atoms with Crippen LogP contribution in [0, 0.1) is 0 Å². The zero-order valence-corrected chi connectivity index (χ0v) is 20.6. The van der Waals surface area contributed by atoms with Gasteiger partial charge in [0.05, 0.1) is 18.1 Å². The van der Waals surface area contributed by atoms with Crippen molar-refractivity contribution >= 4 is 46.3 Å². The van der Waals surface area contributed by atoms with E-state index in [9.17, 15) is 9.59 Å². The third kappa shape index (κ3) is 8.47. The average Bonchev–Trinajstić information content (AvgIpc) is 3.01. The first-order valence-electron chi connectivity index (χ1n) is 11.3. The number of carbonyl (C=O) groups excluding carboxylic acids is 1. The highest BCUT2D eigenvalue weighted by Crippen LogP contribution is 2.35. The monoisotopic (exact) mass is 479 g/mol. The van der Waals surface area contributed by atoms with E-state index in [0.29, 0.717) is 46.9 Å². The van der Waals surface area contributed by atoms with Gasteiger partial charge >= 0.3 is 5.97 Å². The van der Waals surface area contributed by atoms with Crippen LogP contribution < -0.4 is 9.47 Å². The molecule has 0 spiro atoms. The molecule has 1 aliphatic heterocycles. The van der Waals surface area contributed by atoms with E-state index in [0.717, 1.165) is 18.4 Å². The number of carboxylic acids is 1. The molecular weight excluding hydrogens is 446 g/mol. The first kappa shape index (κ1) is 26.2. The number of hydrogen-bond donors (Lipinski definition) is 1. The predicted molar refractivity (Wildman–Crippen MR) is 133 cm³/mol. The molecule has 1 aromatic carbocycles. The van der Waals surface area contributed by atoms with Gasteiger partial charge in [-0.1, -0.05) is 69.1 Å². The highest BCUT2D eigenvalue weighted by molar-refractivity contribution is 8.26. The zero-order chi connectivity index (χ0) is 23.3. The van der Waals surface area contributed by atoms with E-state index in [4.69, 9.17) is 26.8 Å². The molecule has 0 aliphatic carbocycles. The van der Waals surface area contributed by atoms with Gasteiger partial charge in [0.15, 0.2) is 11.5 Å². The number of thiocarbonyl (C=S) groups is 1. The van der Waals surface area contributed by atoms with Crippen LogP contribution in [0.2, 0.25) is 0 Å². The summed E-state index contributed by atoms with van der Waals surface area (Å²) >= 11 is 6.54. The van der Waals surface area contributed by atoms with Crippen molar-refractivity contribution in [2.45, 2.75) is 65.2 Å². The molecule has 1 saturated heterocycles. The summed E-state index contributed by atoms with van der Waals surface area (Å²) in [5, 5.41) is 8.79. The van der Waals surface area contributed by atoms with Crippen molar-refractivity contribution < 1.29 is 24.2 Å². The maximum absolute atomic E-state index is 12.7. The minimum Gasteiger partial charge on any atom is -0.490 e. The quantitative estimate of drug-likeness (QED) is 0.191. The van der Waals surface area contributed by atoms with Crippen molar-refractivity contribution in [2.75, 3.05) is 19.8 Å². The van der Waals surface area contributed by atoms with Gasteiger partial charge in [0, 0.05) is 13.0 Å². The fourth-order valence-corrected chi connectivity index (χ4v) is 4.61. The summed E-state index contributed by atoms with van der Waals surface area (Å²) in [5.74, 6) is 0.294. The molecule has 1 heterocycles. The second-order valence-electron chi connectivity index (χ2n) is 7.59. The molecule has 0 atom stereocenters. The molecule has 0 radical (unpaired) electrons. The van der Waals surface area contributed by atoms with E-state index in [1.54, 1.807) is 6.08 Å². The predicted octanol–water partition coefficient (Wildman–Crippen LogP) is 5.89. The first-order valence-corrected chi connectivity index (χ1v) is 12.6. The SMILES string of the molecule is CCCCCCCCOc1ccc(/C=C2/SC(=S)N(CCCC(=O)O)C2=O)cc1OCC. The topological polar surface area (TPSA) is 76.1 Å². The fraction of sp³-hybridized carbons (Fsp3) is 0.542. The molecular formula is C24H33NO5S2. The lowest BCUT2D eigenvalue weighted by molar-refractivity contribution is -0.137. The number of unbranched alkanes of at least 4 members (excludes halogenated alkanes) is 5. The lowest BCUT2D eigenvalue weighted by Crippen LogP contribution is -2.29. The van der Waals surface area contributed by atoms with Crippen molar-refractivity contribution in [1.29, 1.82) is 0 Å². The van der Waals surface area contributed by atoms with Gasteiger partial charge in [-0.3, -0.25) is 14.5 Å². The van der Waals surface area contributed by atoms with E-state index < -0.39 is 5.97 Å². The molecule has 176 valence electrons. The lowest BCUT2D eigenvalue weighted by atomic mass is 10.1. The average molecular weight is 480 g/mol. The van der Waals surface area contributed by atoms with Crippen LogP contribution >= 0.6 is 24.0 Å². The molecule has 6 nitrogen and oxygen atoms in total. The van der Waals surface area contributed by atoms with Crippen molar-refractivity contribution in [3.05, 3.63) is 28.7 Å². The van der Waals surface area contributed by atoms with Crippen LogP contribution in [0.4, 0.5) is 0 Å². The second-order valence-corrected chi connectivity index (χ2v) is 9.26. The zero-order valence-electron chi connectivity index (χ0n) is 18.9. The molecule has 1 N–H and O–H groups in total. The van der Waals surface area contributed by atoms with E-state index in [1.807, 2.05) is 25.1 Å². The summed E-state index contributed by atoms with van der Waals surface area (Å²) in [6.45, 7) is 5.62. The summed E-state index contributed by atoms with van der Waals surface area (Å²) in [6, 6.07) is 5.65. The Labute approximate surface area is 200 Å². The summed E-state index contributed by atoms with van der Waals surface area (Å²) < 4.78 is 12.2. The minimum atomic E-state index is -0.881. The number of carbonyl (C=O) groups is 2. The van der Waals surface area contributed by atoms with Gasteiger partial charge in [-0.2, -0.15) is 0 Å². The van der Waals surface area contributed by atoms with E-state index in [2.05, 4.69) is 6.92 Å². The number of benzene rings is 1. The number of thioether (sulfide) groups is 1. The molecule has 1 aliphatic rings. The van der Waals surface area contributed by atoms with Gasteiger partial charge in [-0.05, 0) is 43.5 Å². The first-order chi connectivity index (χ1) is 15.5. The van der Waals surface area contributed by atoms with Crippen LogP contribution in [-0.2, 0) is 9.59 Å². The van der Waals surface area contributed by atoms with Crippen molar-refractivity contribution in [2.24, 2.45) is 0 Å². The lowest BCUT2D eigenvalue weighted by Gasteiger charge is -2.13. The van der Waals surface area contributed by atoms with Crippen LogP contribution in [0.1, 0.15) is 70.8 Å².